The summed E-state index contributed by atoms with van der Waals surface area (Å²) in [7, 11) is 0. The fourth-order valence-corrected chi connectivity index (χ4v) is 3.58. The highest BCUT2D eigenvalue weighted by Gasteiger charge is 2.43. The van der Waals surface area contributed by atoms with Gasteiger partial charge in [0.25, 0.3) is 0 Å². The molecule has 3 rings (SSSR count). The van der Waals surface area contributed by atoms with E-state index in [1.807, 2.05) is 37.3 Å². The highest BCUT2D eigenvalue weighted by molar-refractivity contribution is 5.79. The topological polar surface area (TPSA) is 88.5 Å². The van der Waals surface area contributed by atoms with Crippen LogP contribution in [0.25, 0.3) is 0 Å². The van der Waals surface area contributed by atoms with Crippen LogP contribution in [0.4, 0.5) is 0 Å². The second-order valence-corrected chi connectivity index (χ2v) is 7.95. The van der Waals surface area contributed by atoms with Crippen molar-refractivity contribution in [2.75, 3.05) is 39.3 Å². The number of piperazine rings is 1. The van der Waals surface area contributed by atoms with E-state index in [-0.39, 0.29) is 17.7 Å². The number of nitrogens with one attached hydrogen (secondary N) is 2. The zero-order chi connectivity index (χ0) is 20.0. The summed E-state index contributed by atoms with van der Waals surface area (Å²) < 4.78 is 0. The molecule has 150 valence electrons. The van der Waals surface area contributed by atoms with Crippen molar-refractivity contribution in [2.45, 2.75) is 31.8 Å². The predicted octanol–water partition coefficient (Wildman–Crippen LogP) is 0.729. The Hall–Kier alpha value is -2.43. The highest BCUT2D eigenvalue weighted by Crippen LogP contribution is 2.39. The number of nitriles is 1. The smallest absolute Gasteiger partial charge is 0.235 e. The van der Waals surface area contributed by atoms with Gasteiger partial charge in [0.15, 0.2) is 0 Å². The third kappa shape index (κ3) is 5.78. The van der Waals surface area contributed by atoms with Gasteiger partial charge in [-0.1, -0.05) is 30.3 Å². The van der Waals surface area contributed by atoms with Crippen molar-refractivity contribution in [3.8, 4) is 6.07 Å². The SMILES string of the molecule is CC(C#N)(NC(=O)CN1CCN(CC(=O)NCc2ccccc2)CC1)C1CC1. The lowest BCUT2D eigenvalue weighted by molar-refractivity contribution is -0.125. The van der Waals surface area contributed by atoms with E-state index in [1.165, 1.54) is 0 Å². The molecule has 2 N–H and O–H groups in total. The van der Waals surface area contributed by atoms with Crippen LogP contribution in [0.15, 0.2) is 30.3 Å². The molecule has 1 unspecified atom stereocenters. The number of benzene rings is 1. The van der Waals surface area contributed by atoms with Crippen molar-refractivity contribution in [3.63, 3.8) is 0 Å². The molecule has 0 bridgehead atoms. The Balaban J connectivity index is 1.34. The molecule has 2 amide bonds. The quantitative estimate of drug-likeness (QED) is 0.691. The molecule has 7 heteroatoms. The molecule has 1 aliphatic heterocycles. The molecule has 2 aliphatic rings. The maximum atomic E-state index is 12.3. The molecule has 1 saturated heterocycles. The number of hydrogen-bond donors (Lipinski definition) is 2. The Morgan fingerprint density at radius 2 is 1.64 bits per heavy atom. The summed E-state index contributed by atoms with van der Waals surface area (Å²) in [6.07, 6.45) is 2.02. The minimum Gasteiger partial charge on any atom is -0.351 e. The maximum absolute atomic E-state index is 12.3. The van der Waals surface area contributed by atoms with E-state index in [2.05, 4.69) is 26.5 Å². The van der Waals surface area contributed by atoms with Crippen LogP contribution in [0, 0.1) is 17.2 Å². The zero-order valence-corrected chi connectivity index (χ0v) is 16.5. The van der Waals surface area contributed by atoms with Gasteiger partial charge >= 0.3 is 0 Å². The molecule has 7 nitrogen and oxygen atoms in total. The summed E-state index contributed by atoms with van der Waals surface area (Å²) in [5.74, 6) is 0.210. The number of carbonyl (C=O) groups is 2. The van der Waals surface area contributed by atoms with Gasteiger partial charge in [-0.3, -0.25) is 19.4 Å². The zero-order valence-electron chi connectivity index (χ0n) is 16.5. The van der Waals surface area contributed by atoms with Gasteiger partial charge in [-0.15, -0.1) is 0 Å². The van der Waals surface area contributed by atoms with Crippen LogP contribution < -0.4 is 10.6 Å². The number of rotatable bonds is 8. The number of amides is 2. The first kappa shape index (κ1) is 20.3. The van der Waals surface area contributed by atoms with Gasteiger partial charge < -0.3 is 10.6 Å². The van der Waals surface area contributed by atoms with E-state index in [0.29, 0.717) is 19.6 Å². The van der Waals surface area contributed by atoms with Gasteiger partial charge in [0.1, 0.15) is 5.54 Å². The molecule has 0 radical (unpaired) electrons. The Bertz CT molecular complexity index is 720. The van der Waals surface area contributed by atoms with Gasteiger partial charge in [0.2, 0.25) is 11.8 Å². The van der Waals surface area contributed by atoms with Crippen LogP contribution in [0.2, 0.25) is 0 Å². The summed E-state index contributed by atoms with van der Waals surface area (Å²) in [6.45, 7) is 6.03. The second-order valence-electron chi connectivity index (χ2n) is 7.95. The normalized spacial score (nSPS) is 20.0. The standard InChI is InChI=1S/C21H29N5O2/c1-21(16-22,18-7-8-18)24-20(28)15-26-11-9-25(10-12-26)14-19(27)23-13-17-5-3-2-4-6-17/h2-6,18H,7-15H2,1H3,(H,23,27)(H,24,28). The number of hydrogen-bond acceptors (Lipinski definition) is 5. The lowest BCUT2D eigenvalue weighted by Crippen LogP contribution is -2.54. The fraction of sp³-hybridized carbons (Fsp3) is 0.571. The fourth-order valence-electron chi connectivity index (χ4n) is 3.58. The largest absolute Gasteiger partial charge is 0.351 e. The van der Waals surface area contributed by atoms with E-state index >= 15 is 0 Å². The summed E-state index contributed by atoms with van der Waals surface area (Å²) in [4.78, 5) is 28.6. The second kappa shape index (κ2) is 9.18. The third-order valence-electron chi connectivity index (χ3n) is 5.56. The van der Waals surface area contributed by atoms with Crippen molar-refractivity contribution in [1.29, 1.82) is 5.26 Å². The molecule has 1 heterocycles. The van der Waals surface area contributed by atoms with Crippen molar-refractivity contribution < 1.29 is 9.59 Å². The number of carbonyl (C=O) groups excluding carboxylic acids is 2. The molecule has 1 aromatic carbocycles. The summed E-state index contributed by atoms with van der Waals surface area (Å²) in [5.41, 5.74) is 0.345. The molecule has 1 atom stereocenters. The van der Waals surface area contributed by atoms with Crippen LogP contribution in [0.5, 0.6) is 0 Å². The molecule has 1 aliphatic carbocycles. The summed E-state index contributed by atoms with van der Waals surface area (Å²) in [5, 5.41) is 15.2. The molecular weight excluding hydrogens is 354 g/mol. The first-order chi connectivity index (χ1) is 13.5. The van der Waals surface area contributed by atoms with Crippen molar-refractivity contribution in [1.82, 2.24) is 20.4 Å². The summed E-state index contributed by atoms with van der Waals surface area (Å²) >= 11 is 0. The first-order valence-corrected chi connectivity index (χ1v) is 9.96. The van der Waals surface area contributed by atoms with Crippen LogP contribution >= 0.6 is 0 Å². The average Bonchev–Trinajstić information content (AvgIpc) is 3.54. The third-order valence-corrected chi connectivity index (χ3v) is 5.56. The highest BCUT2D eigenvalue weighted by atomic mass is 16.2. The first-order valence-electron chi connectivity index (χ1n) is 9.96. The minimum absolute atomic E-state index is 0.0178. The van der Waals surface area contributed by atoms with Crippen LogP contribution in [0.3, 0.4) is 0 Å². The van der Waals surface area contributed by atoms with Crippen LogP contribution in [-0.4, -0.2) is 66.4 Å². The van der Waals surface area contributed by atoms with Gasteiger partial charge in [0.05, 0.1) is 19.2 Å². The Labute approximate surface area is 166 Å². The Morgan fingerprint density at radius 1 is 1.07 bits per heavy atom. The van der Waals surface area contributed by atoms with Crippen molar-refractivity contribution >= 4 is 11.8 Å². The molecule has 1 aromatic rings. The lowest BCUT2D eigenvalue weighted by atomic mass is 9.98. The van der Waals surface area contributed by atoms with Gasteiger partial charge in [-0.2, -0.15) is 5.26 Å². The van der Waals surface area contributed by atoms with Crippen LogP contribution in [-0.2, 0) is 16.1 Å². The molecule has 1 saturated carbocycles. The van der Waals surface area contributed by atoms with Crippen molar-refractivity contribution in [2.24, 2.45) is 5.92 Å². The summed E-state index contributed by atoms with van der Waals surface area (Å²) in [6, 6.07) is 12.1. The van der Waals surface area contributed by atoms with Crippen LogP contribution in [0.1, 0.15) is 25.3 Å². The van der Waals surface area contributed by atoms with Crippen molar-refractivity contribution in [3.05, 3.63) is 35.9 Å². The molecule has 0 aromatic heterocycles. The maximum Gasteiger partial charge on any atom is 0.235 e. The predicted molar refractivity (Wildman–Crippen MR) is 106 cm³/mol. The van der Waals surface area contributed by atoms with E-state index in [1.54, 1.807) is 0 Å². The molecule has 0 spiro atoms. The molecule has 28 heavy (non-hydrogen) atoms. The van der Waals surface area contributed by atoms with E-state index < -0.39 is 5.54 Å². The van der Waals surface area contributed by atoms with Gasteiger partial charge in [-0.25, -0.2) is 0 Å². The van der Waals surface area contributed by atoms with E-state index in [0.717, 1.165) is 44.6 Å². The molecular formula is C21H29N5O2. The minimum atomic E-state index is -0.740. The van der Waals surface area contributed by atoms with Gasteiger partial charge in [0, 0.05) is 32.7 Å². The monoisotopic (exact) mass is 383 g/mol. The molecule has 2 fully saturated rings. The lowest BCUT2D eigenvalue weighted by Gasteiger charge is -2.34. The Morgan fingerprint density at radius 3 is 2.18 bits per heavy atom. The average molecular weight is 383 g/mol. The van der Waals surface area contributed by atoms with E-state index in [9.17, 15) is 14.9 Å². The Kier molecular flexibility index (Phi) is 6.65. The number of nitrogens with zero attached hydrogens (tertiary/aromatic N) is 3. The van der Waals surface area contributed by atoms with E-state index in [4.69, 9.17) is 0 Å². The van der Waals surface area contributed by atoms with Gasteiger partial charge in [-0.05, 0) is 31.2 Å².